The molecule has 1 saturated heterocycles. The summed E-state index contributed by atoms with van der Waals surface area (Å²) in [5.41, 5.74) is 5.96. The summed E-state index contributed by atoms with van der Waals surface area (Å²) >= 11 is 0. The smallest absolute Gasteiger partial charge is 0.267 e. The van der Waals surface area contributed by atoms with Gasteiger partial charge in [0.2, 0.25) is 0 Å². The zero-order valence-corrected chi connectivity index (χ0v) is 19.2. The van der Waals surface area contributed by atoms with E-state index in [-0.39, 0.29) is 0 Å². The third-order valence-electron chi connectivity index (χ3n) is 6.04. The fraction of sp³-hybridized carbons (Fsp3) is 0.346. The van der Waals surface area contributed by atoms with Crippen LogP contribution in [0.2, 0.25) is 0 Å². The molecule has 1 atom stereocenters. The second-order valence-electron chi connectivity index (χ2n) is 8.43. The van der Waals surface area contributed by atoms with Crippen LogP contribution >= 0.6 is 0 Å². The van der Waals surface area contributed by atoms with Crippen molar-refractivity contribution < 1.29 is 14.7 Å². The highest BCUT2D eigenvalue weighted by atomic mass is 16.5. The second kappa shape index (κ2) is 12.2. The molecular formula is C26H31N5O3. The molecule has 0 radical (unpaired) electrons. The third-order valence-corrected chi connectivity index (χ3v) is 6.04. The lowest BCUT2D eigenvalue weighted by atomic mass is 10.0. The summed E-state index contributed by atoms with van der Waals surface area (Å²) in [6.45, 7) is 3.90. The molecule has 0 spiro atoms. The number of aromatic nitrogens is 3. The standard InChI is InChI=1S/C26H31N5O3/c32-26(28-33)13-10-21-8-11-23(12-9-21)25-7-4-15-30(25)16-14-24-19-31(29-27-24)17-18-34-20-22-5-2-1-3-6-22/h1-3,5-6,8-13,19,25,33H,4,7,14-18,20H2,(H,28,32)/b13-10+. The van der Waals surface area contributed by atoms with E-state index in [1.165, 1.54) is 23.6 Å². The molecule has 1 unspecified atom stereocenters. The van der Waals surface area contributed by atoms with Crippen molar-refractivity contribution in [3.05, 3.63) is 89.3 Å². The molecule has 1 aromatic heterocycles. The molecule has 178 valence electrons. The van der Waals surface area contributed by atoms with Crippen molar-refractivity contribution in [1.29, 1.82) is 0 Å². The number of carbonyl (C=O) groups is 1. The molecule has 8 heteroatoms. The predicted molar refractivity (Wildman–Crippen MR) is 129 cm³/mol. The number of hydrogen-bond acceptors (Lipinski definition) is 6. The summed E-state index contributed by atoms with van der Waals surface area (Å²) in [5.74, 6) is -0.539. The Labute approximate surface area is 199 Å². The van der Waals surface area contributed by atoms with Crippen molar-refractivity contribution in [3.63, 3.8) is 0 Å². The fourth-order valence-corrected chi connectivity index (χ4v) is 4.25. The van der Waals surface area contributed by atoms with Crippen LogP contribution in [0, 0.1) is 0 Å². The highest BCUT2D eigenvalue weighted by molar-refractivity contribution is 5.90. The molecule has 0 aliphatic carbocycles. The molecule has 34 heavy (non-hydrogen) atoms. The van der Waals surface area contributed by atoms with Crippen LogP contribution in [0.3, 0.4) is 0 Å². The number of amides is 1. The van der Waals surface area contributed by atoms with Gasteiger partial charge in [0.05, 0.1) is 25.5 Å². The number of rotatable bonds is 11. The highest BCUT2D eigenvalue weighted by Gasteiger charge is 2.25. The molecule has 1 aliphatic rings. The molecule has 2 N–H and O–H groups in total. The first-order valence-corrected chi connectivity index (χ1v) is 11.7. The van der Waals surface area contributed by atoms with Crippen LogP contribution < -0.4 is 5.48 Å². The minimum absolute atomic E-state index is 0.389. The second-order valence-corrected chi connectivity index (χ2v) is 8.43. The Morgan fingerprint density at radius 3 is 2.76 bits per heavy atom. The van der Waals surface area contributed by atoms with Crippen molar-refractivity contribution in [2.24, 2.45) is 0 Å². The number of likely N-dealkylation sites (tertiary alicyclic amines) is 1. The Hall–Kier alpha value is -3.33. The van der Waals surface area contributed by atoms with Crippen molar-refractivity contribution in [3.8, 4) is 0 Å². The molecule has 4 rings (SSSR count). The summed E-state index contributed by atoms with van der Waals surface area (Å²) in [7, 11) is 0. The Morgan fingerprint density at radius 2 is 1.97 bits per heavy atom. The lowest BCUT2D eigenvalue weighted by molar-refractivity contribution is -0.124. The van der Waals surface area contributed by atoms with Gasteiger partial charge in [0.15, 0.2) is 0 Å². The van der Waals surface area contributed by atoms with Gasteiger partial charge >= 0.3 is 0 Å². The molecule has 1 aliphatic heterocycles. The normalized spacial score (nSPS) is 16.3. The first-order chi connectivity index (χ1) is 16.7. The van der Waals surface area contributed by atoms with E-state index in [2.05, 4.69) is 39.5 Å². The maximum absolute atomic E-state index is 11.1. The SMILES string of the molecule is O=C(/C=C/c1ccc(C2CCCN2CCc2cn(CCOCc3ccccc3)nn2)cc1)NO. The molecule has 1 fully saturated rings. The zero-order valence-electron chi connectivity index (χ0n) is 19.2. The minimum atomic E-state index is -0.539. The fourth-order valence-electron chi connectivity index (χ4n) is 4.25. The first kappa shape index (κ1) is 23.8. The van der Waals surface area contributed by atoms with Crippen LogP contribution in [0.15, 0.2) is 66.9 Å². The van der Waals surface area contributed by atoms with Crippen LogP contribution in [0.1, 0.15) is 41.3 Å². The van der Waals surface area contributed by atoms with E-state index in [0.29, 0.717) is 25.8 Å². The van der Waals surface area contributed by atoms with Gasteiger partial charge in [-0.2, -0.15) is 0 Å². The molecule has 2 heterocycles. The Kier molecular flexibility index (Phi) is 8.56. The van der Waals surface area contributed by atoms with Gasteiger partial charge in [-0.3, -0.25) is 14.9 Å². The predicted octanol–water partition coefficient (Wildman–Crippen LogP) is 3.39. The third kappa shape index (κ3) is 6.84. The average molecular weight is 462 g/mol. The lowest BCUT2D eigenvalue weighted by Gasteiger charge is -2.24. The average Bonchev–Trinajstić information content (AvgIpc) is 3.54. The van der Waals surface area contributed by atoms with E-state index < -0.39 is 5.91 Å². The summed E-state index contributed by atoms with van der Waals surface area (Å²) in [6, 6.07) is 18.8. The number of ether oxygens (including phenoxy) is 1. The summed E-state index contributed by atoms with van der Waals surface area (Å²) < 4.78 is 7.60. The summed E-state index contributed by atoms with van der Waals surface area (Å²) in [6.07, 6.45) is 8.16. The molecule has 0 bridgehead atoms. The van der Waals surface area contributed by atoms with E-state index >= 15 is 0 Å². The monoisotopic (exact) mass is 461 g/mol. The highest BCUT2D eigenvalue weighted by Crippen LogP contribution is 2.32. The Balaban J connectivity index is 1.23. The number of nitrogens with one attached hydrogen (secondary N) is 1. The Morgan fingerprint density at radius 1 is 1.15 bits per heavy atom. The van der Waals surface area contributed by atoms with Crippen LogP contribution in [0.25, 0.3) is 6.08 Å². The van der Waals surface area contributed by atoms with Gasteiger partial charge in [-0.25, -0.2) is 10.2 Å². The summed E-state index contributed by atoms with van der Waals surface area (Å²) in [4.78, 5) is 13.6. The topological polar surface area (TPSA) is 92.5 Å². The lowest BCUT2D eigenvalue weighted by Crippen LogP contribution is -2.25. The largest absolute Gasteiger partial charge is 0.375 e. The van der Waals surface area contributed by atoms with Crippen molar-refractivity contribution in [2.75, 3.05) is 19.7 Å². The maximum Gasteiger partial charge on any atom is 0.267 e. The van der Waals surface area contributed by atoms with Gasteiger partial charge in [-0.15, -0.1) is 5.10 Å². The quantitative estimate of drug-likeness (QED) is 0.197. The van der Waals surface area contributed by atoms with E-state index in [1.54, 1.807) is 11.6 Å². The number of hydrogen-bond donors (Lipinski definition) is 2. The molecule has 3 aromatic rings. The van der Waals surface area contributed by atoms with Gasteiger partial charge in [0.25, 0.3) is 5.91 Å². The minimum Gasteiger partial charge on any atom is -0.375 e. The molecule has 8 nitrogen and oxygen atoms in total. The molecule has 0 saturated carbocycles. The van der Waals surface area contributed by atoms with E-state index in [1.807, 2.05) is 41.2 Å². The molecule has 1 amide bonds. The van der Waals surface area contributed by atoms with Crippen LogP contribution in [-0.4, -0.2) is 50.7 Å². The van der Waals surface area contributed by atoms with Crippen LogP contribution in [0.4, 0.5) is 0 Å². The van der Waals surface area contributed by atoms with Crippen LogP contribution in [-0.2, 0) is 29.1 Å². The van der Waals surface area contributed by atoms with Crippen molar-refractivity contribution in [2.45, 2.75) is 38.5 Å². The number of hydroxylamine groups is 1. The van der Waals surface area contributed by atoms with Gasteiger partial charge in [0, 0.05) is 31.3 Å². The van der Waals surface area contributed by atoms with Crippen molar-refractivity contribution >= 4 is 12.0 Å². The van der Waals surface area contributed by atoms with Crippen molar-refractivity contribution in [1.82, 2.24) is 25.4 Å². The van der Waals surface area contributed by atoms with Gasteiger partial charge in [0.1, 0.15) is 0 Å². The van der Waals surface area contributed by atoms with Gasteiger partial charge in [-0.1, -0.05) is 59.8 Å². The first-order valence-electron chi connectivity index (χ1n) is 11.7. The van der Waals surface area contributed by atoms with Gasteiger partial charge in [-0.05, 0) is 42.2 Å². The number of nitrogens with zero attached hydrogens (tertiary/aromatic N) is 4. The van der Waals surface area contributed by atoms with E-state index in [0.717, 1.165) is 37.2 Å². The zero-order chi connectivity index (χ0) is 23.6. The van der Waals surface area contributed by atoms with Gasteiger partial charge < -0.3 is 4.74 Å². The molecule has 2 aromatic carbocycles. The number of carbonyl (C=O) groups excluding carboxylic acids is 1. The Bertz CT molecular complexity index is 1070. The summed E-state index contributed by atoms with van der Waals surface area (Å²) in [5, 5.41) is 17.2. The molecular weight excluding hydrogens is 430 g/mol. The maximum atomic E-state index is 11.1. The van der Waals surface area contributed by atoms with E-state index in [9.17, 15) is 4.79 Å². The van der Waals surface area contributed by atoms with Crippen LogP contribution in [0.5, 0.6) is 0 Å². The van der Waals surface area contributed by atoms with E-state index in [4.69, 9.17) is 9.94 Å². The number of benzene rings is 2.